The highest BCUT2D eigenvalue weighted by Crippen LogP contribution is 2.30. The Morgan fingerprint density at radius 3 is 2.88 bits per heavy atom. The molecule has 0 aliphatic carbocycles. The molecule has 2 aromatic rings. The van der Waals surface area contributed by atoms with Crippen LogP contribution in [0.15, 0.2) is 42.5 Å². The summed E-state index contributed by atoms with van der Waals surface area (Å²) >= 11 is 0. The van der Waals surface area contributed by atoms with Gasteiger partial charge < -0.3 is 15.4 Å². The molecule has 0 saturated heterocycles. The molecule has 0 bridgehead atoms. The summed E-state index contributed by atoms with van der Waals surface area (Å²) in [6.07, 6.45) is 0.885. The molecular weight excluding hydrogens is 302 g/mol. The Morgan fingerprint density at radius 1 is 1.21 bits per heavy atom. The molecule has 2 N–H and O–H groups in total. The summed E-state index contributed by atoms with van der Waals surface area (Å²) in [6, 6.07) is 15.4. The van der Waals surface area contributed by atoms with Crippen molar-refractivity contribution in [2.75, 3.05) is 11.9 Å². The van der Waals surface area contributed by atoms with Gasteiger partial charge in [0.2, 0.25) is 0 Å². The van der Waals surface area contributed by atoms with Gasteiger partial charge in [-0.3, -0.25) is 4.79 Å². The number of rotatable bonds is 5. The van der Waals surface area contributed by atoms with Gasteiger partial charge in [-0.15, -0.1) is 0 Å². The second kappa shape index (κ2) is 7.05. The molecule has 0 spiro atoms. The van der Waals surface area contributed by atoms with Crippen LogP contribution in [0.5, 0.6) is 5.75 Å². The number of para-hydroxylation sites is 1. The third-order valence-electron chi connectivity index (χ3n) is 3.97. The number of nitriles is 1. The molecular formula is C19H19N3O2. The number of fused-ring (bicyclic) bond motifs is 1. The van der Waals surface area contributed by atoms with Gasteiger partial charge in [0.25, 0.3) is 5.91 Å². The van der Waals surface area contributed by atoms with E-state index in [-0.39, 0.29) is 12.1 Å². The van der Waals surface area contributed by atoms with Gasteiger partial charge >= 0.3 is 0 Å². The summed E-state index contributed by atoms with van der Waals surface area (Å²) in [4.78, 5) is 12.3. The number of unbranched alkanes of at least 4 members (excludes halogenated alkanes) is 1. The summed E-state index contributed by atoms with van der Waals surface area (Å²) in [5, 5.41) is 14.9. The summed E-state index contributed by atoms with van der Waals surface area (Å²) in [5.74, 6) is 0.648. The van der Waals surface area contributed by atoms with Crippen molar-refractivity contribution in [3.63, 3.8) is 0 Å². The topological polar surface area (TPSA) is 74.2 Å². The lowest BCUT2D eigenvalue weighted by Gasteiger charge is -2.29. The fourth-order valence-corrected chi connectivity index (χ4v) is 2.73. The van der Waals surface area contributed by atoms with Crippen LogP contribution in [-0.2, 0) is 0 Å². The molecule has 5 heteroatoms. The van der Waals surface area contributed by atoms with Crippen LogP contribution in [0, 0.1) is 18.3 Å². The van der Waals surface area contributed by atoms with Crippen molar-refractivity contribution in [3.8, 4) is 11.8 Å². The van der Waals surface area contributed by atoms with Gasteiger partial charge in [-0.2, -0.15) is 5.26 Å². The smallest absolute Gasteiger partial charge is 0.255 e. The van der Waals surface area contributed by atoms with Crippen LogP contribution in [0.4, 0.5) is 5.69 Å². The fraction of sp³-hybridized carbons (Fsp3) is 0.263. The highest BCUT2D eigenvalue weighted by molar-refractivity contribution is 6.02. The van der Waals surface area contributed by atoms with E-state index in [9.17, 15) is 4.79 Å². The van der Waals surface area contributed by atoms with Crippen molar-refractivity contribution >= 4 is 11.6 Å². The Balaban J connectivity index is 1.77. The number of hydrogen-bond donors (Lipinski definition) is 2. The van der Waals surface area contributed by atoms with Gasteiger partial charge in [-0.05, 0) is 42.7 Å². The van der Waals surface area contributed by atoms with Gasteiger partial charge in [0.1, 0.15) is 11.9 Å². The van der Waals surface area contributed by atoms with Crippen molar-refractivity contribution in [2.45, 2.75) is 25.9 Å². The van der Waals surface area contributed by atoms with Crippen LogP contribution in [0.3, 0.4) is 0 Å². The molecule has 1 aliphatic rings. The maximum Gasteiger partial charge on any atom is 0.255 e. The average molecular weight is 321 g/mol. The number of aryl methyl sites for hydroxylation is 1. The van der Waals surface area contributed by atoms with E-state index in [0.29, 0.717) is 25.0 Å². The van der Waals surface area contributed by atoms with Crippen molar-refractivity contribution in [3.05, 3.63) is 59.2 Å². The molecule has 0 radical (unpaired) electrons. The molecule has 1 heterocycles. The summed E-state index contributed by atoms with van der Waals surface area (Å²) in [6.45, 7) is 2.49. The first-order valence-electron chi connectivity index (χ1n) is 7.96. The quantitative estimate of drug-likeness (QED) is 0.826. The molecule has 0 aromatic heterocycles. The predicted octanol–water partition coefficient (Wildman–Crippen LogP) is 3.53. The molecule has 5 nitrogen and oxygen atoms in total. The number of carbonyl (C=O) groups excluding carboxylic acids is 1. The van der Waals surface area contributed by atoms with E-state index in [4.69, 9.17) is 10.00 Å². The van der Waals surface area contributed by atoms with E-state index in [2.05, 4.69) is 16.7 Å². The van der Waals surface area contributed by atoms with Gasteiger partial charge in [-0.1, -0.05) is 24.3 Å². The molecule has 1 amide bonds. The highest BCUT2D eigenvalue weighted by atomic mass is 16.5. The summed E-state index contributed by atoms with van der Waals surface area (Å²) in [5.41, 5.74) is 3.49. The maximum atomic E-state index is 12.3. The normalized spacial score (nSPS) is 15.7. The standard InChI is InChI=1S/C19H19N3O2/c1-13-6-4-9-16-17(13)21-18(22-19(16)23)14-7-5-8-15(12-14)24-11-3-2-10-20/h4-9,12,18,21H,2-3,11H2,1H3,(H,22,23). The Kier molecular flexibility index (Phi) is 4.66. The number of anilines is 1. The van der Waals surface area contributed by atoms with E-state index in [1.54, 1.807) is 0 Å². The fourth-order valence-electron chi connectivity index (χ4n) is 2.73. The SMILES string of the molecule is Cc1cccc2c1NC(c1cccc(OCCCC#N)c1)NC2=O. The van der Waals surface area contributed by atoms with Gasteiger partial charge in [0.15, 0.2) is 0 Å². The van der Waals surface area contributed by atoms with Crippen LogP contribution in [-0.4, -0.2) is 12.5 Å². The lowest BCUT2D eigenvalue weighted by Crippen LogP contribution is -2.38. The molecule has 0 fully saturated rings. The third kappa shape index (κ3) is 3.33. The largest absolute Gasteiger partial charge is 0.494 e. The number of hydrogen-bond acceptors (Lipinski definition) is 4. The van der Waals surface area contributed by atoms with E-state index in [0.717, 1.165) is 22.6 Å². The van der Waals surface area contributed by atoms with E-state index >= 15 is 0 Å². The van der Waals surface area contributed by atoms with E-state index in [1.807, 2.05) is 49.4 Å². The van der Waals surface area contributed by atoms with Crippen molar-refractivity contribution in [2.24, 2.45) is 0 Å². The zero-order chi connectivity index (χ0) is 16.9. The lowest BCUT2D eigenvalue weighted by atomic mass is 10.0. The van der Waals surface area contributed by atoms with Gasteiger partial charge in [0.05, 0.1) is 23.9 Å². The Bertz CT molecular complexity index is 795. The monoisotopic (exact) mass is 321 g/mol. The number of benzene rings is 2. The number of nitrogens with zero attached hydrogens (tertiary/aromatic N) is 1. The van der Waals surface area contributed by atoms with Crippen LogP contribution < -0.4 is 15.4 Å². The number of nitrogens with one attached hydrogen (secondary N) is 2. The number of amides is 1. The lowest BCUT2D eigenvalue weighted by molar-refractivity contribution is 0.0935. The van der Waals surface area contributed by atoms with Crippen molar-refractivity contribution in [1.82, 2.24) is 5.32 Å². The average Bonchev–Trinajstić information content (AvgIpc) is 2.60. The molecule has 24 heavy (non-hydrogen) atoms. The molecule has 0 saturated carbocycles. The second-order valence-electron chi connectivity index (χ2n) is 5.73. The molecule has 1 aliphatic heterocycles. The highest BCUT2D eigenvalue weighted by Gasteiger charge is 2.25. The molecule has 122 valence electrons. The maximum absolute atomic E-state index is 12.3. The Hall–Kier alpha value is -3.00. The predicted molar refractivity (Wildman–Crippen MR) is 91.8 cm³/mol. The molecule has 3 rings (SSSR count). The zero-order valence-corrected chi connectivity index (χ0v) is 13.5. The zero-order valence-electron chi connectivity index (χ0n) is 13.5. The van der Waals surface area contributed by atoms with Gasteiger partial charge in [0, 0.05) is 6.42 Å². The van der Waals surface area contributed by atoms with Crippen molar-refractivity contribution in [1.29, 1.82) is 5.26 Å². The first-order chi connectivity index (χ1) is 11.7. The number of ether oxygens (including phenoxy) is 1. The van der Waals surface area contributed by atoms with Gasteiger partial charge in [-0.25, -0.2) is 0 Å². The van der Waals surface area contributed by atoms with Crippen LogP contribution in [0.1, 0.15) is 40.5 Å². The molecule has 1 unspecified atom stereocenters. The summed E-state index contributed by atoms with van der Waals surface area (Å²) in [7, 11) is 0. The van der Waals surface area contributed by atoms with Crippen molar-refractivity contribution < 1.29 is 9.53 Å². The summed E-state index contributed by atoms with van der Waals surface area (Å²) < 4.78 is 5.67. The minimum atomic E-state index is -0.297. The first-order valence-corrected chi connectivity index (χ1v) is 7.96. The van der Waals surface area contributed by atoms with E-state index in [1.165, 1.54) is 0 Å². The van der Waals surface area contributed by atoms with E-state index < -0.39 is 0 Å². The Morgan fingerprint density at radius 2 is 2.04 bits per heavy atom. The van der Waals surface area contributed by atoms with Crippen LogP contribution >= 0.6 is 0 Å². The Labute approximate surface area is 141 Å². The van der Waals surface area contributed by atoms with Crippen LogP contribution in [0.25, 0.3) is 0 Å². The number of carbonyl (C=O) groups is 1. The third-order valence-corrected chi connectivity index (χ3v) is 3.97. The first kappa shape index (κ1) is 15.9. The minimum Gasteiger partial charge on any atom is -0.494 e. The molecule has 2 aromatic carbocycles. The second-order valence-corrected chi connectivity index (χ2v) is 5.73. The minimum absolute atomic E-state index is 0.0854. The molecule has 1 atom stereocenters. The van der Waals surface area contributed by atoms with Crippen LogP contribution in [0.2, 0.25) is 0 Å².